The zero-order chi connectivity index (χ0) is 27.8. The number of aryl methyl sites for hydroxylation is 1. The van der Waals surface area contributed by atoms with E-state index in [-0.39, 0.29) is 34.4 Å². The average molecular weight is 528 g/mol. The quantitative estimate of drug-likeness (QED) is 0.267. The van der Waals surface area contributed by atoms with Crippen LogP contribution >= 0.6 is 0 Å². The number of benzene rings is 2. The Bertz CT molecular complexity index is 1580. The Morgan fingerprint density at radius 3 is 2.32 bits per heavy atom. The Hall–Kier alpha value is -4.81. The molecule has 2 aromatic heterocycles. The number of primary amides is 1. The van der Waals surface area contributed by atoms with Crippen molar-refractivity contribution in [3.8, 4) is 0 Å². The summed E-state index contributed by atoms with van der Waals surface area (Å²) in [4.78, 5) is 39.6. The zero-order valence-corrected chi connectivity index (χ0v) is 20.0. The number of hydrogen-bond donors (Lipinski definition) is 3. The summed E-state index contributed by atoms with van der Waals surface area (Å²) in [6.45, 7) is 3.55. The average Bonchev–Trinajstić information content (AvgIpc) is 3.11. The van der Waals surface area contributed by atoms with Crippen LogP contribution in [0.4, 0.5) is 28.9 Å². The van der Waals surface area contributed by atoms with Crippen molar-refractivity contribution in [2.24, 2.45) is 5.73 Å². The Balaban J connectivity index is 1.72. The fourth-order valence-corrected chi connectivity index (χ4v) is 3.80. The number of nitrogens with one attached hydrogen (secondary N) is 2. The third kappa shape index (κ3) is 5.45. The highest BCUT2D eigenvalue weighted by molar-refractivity contribution is 6.39. The standard InChI is InChI=1S/C25H20F4N6O3/c1-12-21(13(2)35(34-12)11-14-3-5-15(26)6-4-14)33-23(37)18-10-20(25(27,28)29)32-19-8-7-16(9-17(18)19)31-24(38)22(30)36/h3-10H,11H2,1-2H3,(H2,30,36)(H,31,38)(H,33,37). The first-order valence-electron chi connectivity index (χ1n) is 11.1. The van der Waals surface area contributed by atoms with E-state index in [9.17, 15) is 31.9 Å². The number of pyridine rings is 1. The third-order valence-electron chi connectivity index (χ3n) is 5.69. The molecule has 2 aromatic carbocycles. The van der Waals surface area contributed by atoms with E-state index in [1.54, 1.807) is 30.7 Å². The molecule has 9 nitrogen and oxygen atoms in total. The summed E-state index contributed by atoms with van der Waals surface area (Å²) in [7, 11) is 0. The van der Waals surface area contributed by atoms with Crippen LogP contribution in [0.5, 0.6) is 0 Å². The zero-order valence-electron chi connectivity index (χ0n) is 20.0. The molecule has 4 aromatic rings. The van der Waals surface area contributed by atoms with E-state index in [0.717, 1.165) is 5.56 Å². The second-order valence-electron chi connectivity index (χ2n) is 8.39. The summed E-state index contributed by atoms with van der Waals surface area (Å²) in [5.74, 6) is -3.68. The summed E-state index contributed by atoms with van der Waals surface area (Å²) < 4.78 is 55.4. The molecule has 0 atom stereocenters. The summed E-state index contributed by atoms with van der Waals surface area (Å²) in [6.07, 6.45) is -4.84. The molecule has 0 radical (unpaired) electrons. The molecule has 3 amide bonds. The molecule has 0 aliphatic carbocycles. The fourth-order valence-electron chi connectivity index (χ4n) is 3.80. The van der Waals surface area contributed by atoms with Crippen molar-refractivity contribution < 1.29 is 31.9 Å². The topological polar surface area (TPSA) is 132 Å². The van der Waals surface area contributed by atoms with Crippen molar-refractivity contribution >= 4 is 40.0 Å². The summed E-state index contributed by atoms with van der Waals surface area (Å²) in [5.41, 5.74) is 5.09. The number of hydrogen-bond acceptors (Lipinski definition) is 5. The lowest BCUT2D eigenvalue weighted by molar-refractivity contribution is -0.141. The van der Waals surface area contributed by atoms with Crippen molar-refractivity contribution in [2.45, 2.75) is 26.6 Å². The van der Waals surface area contributed by atoms with Gasteiger partial charge in [0, 0.05) is 11.1 Å². The van der Waals surface area contributed by atoms with Gasteiger partial charge in [0.25, 0.3) is 5.91 Å². The number of carbonyl (C=O) groups is 3. The maximum Gasteiger partial charge on any atom is 0.433 e. The highest BCUT2D eigenvalue weighted by atomic mass is 19.4. The molecule has 13 heteroatoms. The van der Waals surface area contributed by atoms with Crippen LogP contribution in [0.3, 0.4) is 0 Å². The smallest absolute Gasteiger partial charge is 0.361 e. The van der Waals surface area contributed by atoms with E-state index in [1.807, 2.05) is 0 Å². The van der Waals surface area contributed by atoms with E-state index in [2.05, 4.69) is 20.7 Å². The molecule has 0 spiro atoms. The van der Waals surface area contributed by atoms with Crippen molar-refractivity contribution in [2.75, 3.05) is 10.6 Å². The van der Waals surface area contributed by atoms with Gasteiger partial charge in [-0.05, 0) is 55.8 Å². The van der Waals surface area contributed by atoms with Crippen LogP contribution in [0.15, 0.2) is 48.5 Å². The molecular weight excluding hydrogens is 508 g/mol. The second kappa shape index (κ2) is 9.92. The SMILES string of the molecule is Cc1nn(Cc2ccc(F)cc2)c(C)c1NC(=O)c1cc(C(F)(F)F)nc2ccc(NC(=O)C(N)=O)cc12. The third-order valence-corrected chi connectivity index (χ3v) is 5.69. The molecule has 0 aliphatic heterocycles. The van der Waals surface area contributed by atoms with E-state index < -0.39 is 35.4 Å². The largest absolute Gasteiger partial charge is 0.433 e. The van der Waals surface area contributed by atoms with E-state index >= 15 is 0 Å². The molecular formula is C25H20F4N6O3. The minimum absolute atomic E-state index is 0.00761. The molecule has 0 saturated carbocycles. The van der Waals surface area contributed by atoms with Gasteiger partial charge in [-0.3, -0.25) is 19.1 Å². The number of anilines is 2. The first-order valence-corrected chi connectivity index (χ1v) is 11.1. The molecule has 196 valence electrons. The predicted molar refractivity (Wildman–Crippen MR) is 130 cm³/mol. The van der Waals surface area contributed by atoms with Gasteiger partial charge in [0.05, 0.1) is 34.7 Å². The van der Waals surface area contributed by atoms with Gasteiger partial charge in [0.2, 0.25) is 0 Å². The number of halogens is 4. The molecule has 0 bridgehead atoms. The summed E-state index contributed by atoms with van der Waals surface area (Å²) in [5, 5.41) is 9.20. The van der Waals surface area contributed by atoms with Crippen molar-refractivity contribution in [3.63, 3.8) is 0 Å². The lowest BCUT2D eigenvalue weighted by atomic mass is 10.1. The van der Waals surface area contributed by atoms with Crippen LogP contribution in [-0.4, -0.2) is 32.5 Å². The van der Waals surface area contributed by atoms with Crippen molar-refractivity contribution in [1.29, 1.82) is 0 Å². The van der Waals surface area contributed by atoms with Gasteiger partial charge in [-0.25, -0.2) is 9.37 Å². The van der Waals surface area contributed by atoms with Gasteiger partial charge in [-0.1, -0.05) is 12.1 Å². The van der Waals surface area contributed by atoms with E-state index in [1.165, 1.54) is 30.3 Å². The van der Waals surface area contributed by atoms with E-state index in [0.29, 0.717) is 17.5 Å². The molecule has 0 saturated heterocycles. The van der Waals surface area contributed by atoms with Gasteiger partial charge in [0.15, 0.2) is 0 Å². The number of fused-ring (bicyclic) bond motifs is 1. The van der Waals surface area contributed by atoms with Crippen LogP contribution < -0.4 is 16.4 Å². The molecule has 0 aliphatic rings. The van der Waals surface area contributed by atoms with E-state index in [4.69, 9.17) is 5.73 Å². The molecule has 4 rings (SSSR count). The Morgan fingerprint density at radius 1 is 1.00 bits per heavy atom. The fraction of sp³-hybridized carbons (Fsp3) is 0.160. The minimum Gasteiger partial charge on any atom is -0.361 e. The van der Waals surface area contributed by atoms with Gasteiger partial charge in [-0.2, -0.15) is 18.3 Å². The van der Waals surface area contributed by atoms with Gasteiger partial charge < -0.3 is 16.4 Å². The Labute approximate surface area is 212 Å². The summed E-state index contributed by atoms with van der Waals surface area (Å²) >= 11 is 0. The minimum atomic E-state index is -4.84. The molecule has 38 heavy (non-hydrogen) atoms. The van der Waals surface area contributed by atoms with Crippen molar-refractivity contribution in [3.05, 3.63) is 82.6 Å². The predicted octanol–water partition coefficient (Wildman–Crippen LogP) is 3.93. The molecule has 4 N–H and O–H groups in total. The van der Waals surface area contributed by atoms with Gasteiger partial charge in [-0.15, -0.1) is 0 Å². The van der Waals surface area contributed by atoms with Crippen LogP contribution in [0.1, 0.15) is 33.0 Å². The lowest BCUT2D eigenvalue weighted by Gasteiger charge is -2.13. The first kappa shape index (κ1) is 26.3. The summed E-state index contributed by atoms with van der Waals surface area (Å²) in [6, 6.07) is 10.00. The second-order valence-corrected chi connectivity index (χ2v) is 8.39. The van der Waals surface area contributed by atoms with Crippen LogP contribution in [0.2, 0.25) is 0 Å². The number of nitrogens with zero attached hydrogens (tertiary/aromatic N) is 3. The lowest BCUT2D eigenvalue weighted by Crippen LogP contribution is -2.29. The molecule has 0 fully saturated rings. The number of carbonyl (C=O) groups excluding carboxylic acids is 3. The highest BCUT2D eigenvalue weighted by Gasteiger charge is 2.34. The van der Waals surface area contributed by atoms with Gasteiger partial charge >= 0.3 is 18.0 Å². The number of rotatable bonds is 5. The first-order chi connectivity index (χ1) is 17.8. The molecule has 0 unspecified atom stereocenters. The van der Waals surface area contributed by atoms with Crippen molar-refractivity contribution in [1.82, 2.24) is 14.8 Å². The maximum atomic E-state index is 13.6. The van der Waals surface area contributed by atoms with Crippen LogP contribution in [0, 0.1) is 19.7 Å². The number of alkyl halides is 3. The Kier molecular flexibility index (Phi) is 6.85. The Morgan fingerprint density at radius 2 is 1.68 bits per heavy atom. The maximum absolute atomic E-state index is 13.6. The number of aromatic nitrogens is 3. The normalized spacial score (nSPS) is 11.4. The van der Waals surface area contributed by atoms with Crippen LogP contribution in [-0.2, 0) is 22.3 Å². The monoisotopic (exact) mass is 528 g/mol. The number of amides is 3. The molecule has 2 heterocycles. The van der Waals surface area contributed by atoms with Crippen LogP contribution in [0.25, 0.3) is 10.9 Å². The highest BCUT2D eigenvalue weighted by Crippen LogP contribution is 2.33. The number of nitrogens with two attached hydrogens (primary N) is 1. The van der Waals surface area contributed by atoms with Gasteiger partial charge in [0.1, 0.15) is 11.5 Å².